The molecule has 154 valence electrons. The fourth-order valence-corrected chi connectivity index (χ4v) is 3.83. The summed E-state index contributed by atoms with van der Waals surface area (Å²) >= 11 is 0. The van der Waals surface area contributed by atoms with Crippen molar-refractivity contribution in [3.05, 3.63) is 50.3 Å². The Labute approximate surface area is 163 Å². The highest BCUT2D eigenvalue weighted by atomic mass is 16.5. The van der Waals surface area contributed by atoms with Gasteiger partial charge in [0.2, 0.25) is 5.78 Å². The number of aliphatic hydroxyl groups is 4. The number of rotatable bonds is 3. The first-order valence-electron chi connectivity index (χ1n) is 8.88. The fraction of sp³-hybridized carbons (Fsp3) is 0.421. The van der Waals surface area contributed by atoms with E-state index >= 15 is 0 Å². The number of Topliss-reactive ketones (excluding diaryl/α,β-unsaturated/α-hetero) is 2. The second kappa shape index (κ2) is 7.01. The largest absolute Gasteiger partial charge is 0.489 e. The Kier molecular flexibility index (Phi) is 4.75. The lowest BCUT2D eigenvalue weighted by molar-refractivity contribution is -0.232. The van der Waals surface area contributed by atoms with Crippen LogP contribution in [-0.4, -0.2) is 69.6 Å². The molecule has 5 atom stereocenters. The first-order valence-corrected chi connectivity index (χ1v) is 8.88. The van der Waals surface area contributed by atoms with Crippen LogP contribution in [0.25, 0.3) is 6.08 Å². The van der Waals surface area contributed by atoms with Crippen molar-refractivity contribution in [2.75, 3.05) is 13.2 Å². The molecule has 10 heteroatoms. The molecule has 3 heterocycles. The van der Waals surface area contributed by atoms with E-state index in [9.17, 15) is 34.8 Å². The van der Waals surface area contributed by atoms with Gasteiger partial charge in [-0.3, -0.25) is 9.59 Å². The van der Waals surface area contributed by atoms with Crippen LogP contribution in [0.1, 0.15) is 45.1 Å². The average Bonchev–Trinajstić information content (AvgIpc) is 3.15. The maximum Gasteiger partial charge on any atom is 0.342 e. The minimum atomic E-state index is -1.81. The van der Waals surface area contributed by atoms with Crippen molar-refractivity contribution in [3.63, 3.8) is 0 Å². The zero-order chi connectivity index (χ0) is 21.0. The van der Waals surface area contributed by atoms with Crippen LogP contribution in [0.4, 0.5) is 0 Å². The lowest BCUT2D eigenvalue weighted by Gasteiger charge is -2.40. The Morgan fingerprint density at radius 3 is 2.55 bits per heavy atom. The molecular formula is C19H18O10. The van der Waals surface area contributed by atoms with E-state index in [-0.39, 0.29) is 34.8 Å². The molecule has 0 spiro atoms. The first-order chi connectivity index (χ1) is 13.8. The summed E-state index contributed by atoms with van der Waals surface area (Å²) in [6.07, 6.45) is -5.29. The van der Waals surface area contributed by atoms with Gasteiger partial charge in [0, 0.05) is 11.6 Å². The summed E-state index contributed by atoms with van der Waals surface area (Å²) in [6, 6.07) is 0. The van der Waals surface area contributed by atoms with Gasteiger partial charge >= 0.3 is 5.63 Å². The highest BCUT2D eigenvalue weighted by Crippen LogP contribution is 2.38. The molecule has 1 saturated heterocycles. The molecule has 3 aliphatic rings. The first kappa shape index (κ1) is 19.7. The van der Waals surface area contributed by atoms with Crippen LogP contribution in [0, 0.1) is 0 Å². The molecule has 10 nitrogen and oxygen atoms in total. The van der Waals surface area contributed by atoms with E-state index in [0.717, 1.165) is 6.92 Å². The Bertz CT molecular complexity index is 1010. The van der Waals surface area contributed by atoms with Gasteiger partial charge in [-0.1, -0.05) is 0 Å². The van der Waals surface area contributed by atoms with Crippen molar-refractivity contribution in [2.24, 2.45) is 0 Å². The lowest BCUT2D eigenvalue weighted by Crippen LogP contribution is -2.56. The summed E-state index contributed by atoms with van der Waals surface area (Å²) in [4.78, 5) is 38.2. The molecule has 2 aliphatic heterocycles. The predicted molar refractivity (Wildman–Crippen MR) is 94.0 cm³/mol. The summed E-state index contributed by atoms with van der Waals surface area (Å²) in [7, 11) is 0. The molecule has 1 aliphatic carbocycles. The maximum absolute atomic E-state index is 13.0. The van der Waals surface area contributed by atoms with E-state index in [1.54, 1.807) is 0 Å². The number of ether oxygens (including phenoxy) is 2. The number of allylic oxidation sites excluding steroid dienone is 1. The minimum Gasteiger partial charge on any atom is -0.489 e. The van der Waals surface area contributed by atoms with E-state index in [1.807, 2.05) is 0 Å². The molecule has 29 heavy (non-hydrogen) atoms. The molecule has 0 amide bonds. The summed E-state index contributed by atoms with van der Waals surface area (Å²) < 4.78 is 15.9. The SMILES string of the molecule is CC(=O)c1c2c(oc(=O)c1C1O[C@H](CO)[C@@H](O)[C@H](O)[C@H]1O)C=C1OCC=C1C2=O. The van der Waals surface area contributed by atoms with E-state index in [2.05, 4.69) is 0 Å². The number of carbonyl (C=O) groups is 2. The molecule has 1 fully saturated rings. The van der Waals surface area contributed by atoms with Gasteiger partial charge in [0.05, 0.1) is 23.3 Å². The van der Waals surface area contributed by atoms with Crippen LogP contribution < -0.4 is 5.63 Å². The Balaban J connectivity index is 1.94. The van der Waals surface area contributed by atoms with Crippen molar-refractivity contribution in [2.45, 2.75) is 37.4 Å². The fourth-order valence-electron chi connectivity index (χ4n) is 3.83. The molecule has 0 aromatic carbocycles. The lowest BCUT2D eigenvalue weighted by atomic mass is 9.84. The number of aliphatic hydroxyl groups excluding tert-OH is 4. The molecule has 1 unspecified atom stereocenters. The van der Waals surface area contributed by atoms with Crippen molar-refractivity contribution in [3.8, 4) is 0 Å². The summed E-state index contributed by atoms with van der Waals surface area (Å²) in [5.41, 5.74) is -1.79. The Morgan fingerprint density at radius 2 is 1.90 bits per heavy atom. The average molecular weight is 406 g/mol. The topological polar surface area (TPSA) is 164 Å². The number of carbonyl (C=O) groups excluding carboxylic acids is 2. The van der Waals surface area contributed by atoms with Crippen LogP contribution in [0.15, 0.2) is 26.6 Å². The highest BCUT2D eigenvalue weighted by Gasteiger charge is 2.47. The molecule has 4 N–H and O–H groups in total. The zero-order valence-corrected chi connectivity index (χ0v) is 15.2. The van der Waals surface area contributed by atoms with Crippen molar-refractivity contribution < 1.29 is 43.9 Å². The summed E-state index contributed by atoms with van der Waals surface area (Å²) in [5.74, 6) is -1.19. The smallest absolute Gasteiger partial charge is 0.342 e. The molecule has 4 rings (SSSR count). The van der Waals surface area contributed by atoms with Crippen molar-refractivity contribution in [1.82, 2.24) is 0 Å². The van der Waals surface area contributed by atoms with E-state index in [0.29, 0.717) is 0 Å². The number of hydrogen-bond donors (Lipinski definition) is 4. The molecule has 1 aromatic heterocycles. The number of fused-ring (bicyclic) bond motifs is 2. The highest BCUT2D eigenvalue weighted by molar-refractivity contribution is 6.21. The van der Waals surface area contributed by atoms with Crippen molar-refractivity contribution >= 4 is 17.6 Å². The monoisotopic (exact) mass is 406 g/mol. The molecule has 0 bridgehead atoms. The second-order valence-electron chi connectivity index (χ2n) is 6.99. The van der Waals surface area contributed by atoms with Crippen LogP contribution in [0.2, 0.25) is 0 Å². The maximum atomic E-state index is 13.0. The molecule has 0 radical (unpaired) electrons. The van der Waals surface area contributed by atoms with Crippen LogP contribution >= 0.6 is 0 Å². The minimum absolute atomic E-state index is 0.153. The number of hydrogen-bond acceptors (Lipinski definition) is 10. The Hall–Kier alpha value is -2.63. The van der Waals surface area contributed by atoms with Gasteiger partial charge in [0.1, 0.15) is 48.6 Å². The molecule has 1 aromatic rings. The van der Waals surface area contributed by atoms with E-state index in [1.165, 1.54) is 12.2 Å². The van der Waals surface area contributed by atoms with E-state index < -0.39 is 59.9 Å². The molecule has 0 saturated carbocycles. The quantitative estimate of drug-likeness (QED) is 0.451. The van der Waals surface area contributed by atoms with Gasteiger partial charge in [-0.2, -0.15) is 0 Å². The zero-order valence-electron chi connectivity index (χ0n) is 15.2. The van der Waals surface area contributed by atoms with Crippen molar-refractivity contribution in [1.29, 1.82) is 0 Å². The van der Waals surface area contributed by atoms with Gasteiger partial charge < -0.3 is 34.3 Å². The van der Waals surface area contributed by atoms with Gasteiger partial charge in [0.15, 0.2) is 5.78 Å². The van der Waals surface area contributed by atoms with Crippen LogP contribution in [-0.2, 0) is 9.47 Å². The number of ketones is 2. The van der Waals surface area contributed by atoms with Crippen LogP contribution in [0.5, 0.6) is 0 Å². The van der Waals surface area contributed by atoms with Gasteiger partial charge in [-0.25, -0.2) is 4.79 Å². The van der Waals surface area contributed by atoms with Gasteiger partial charge in [-0.05, 0) is 13.0 Å². The van der Waals surface area contributed by atoms with Gasteiger partial charge in [0.25, 0.3) is 0 Å². The van der Waals surface area contributed by atoms with E-state index in [4.69, 9.17) is 13.9 Å². The predicted octanol–water partition coefficient (Wildman–Crippen LogP) is -1.15. The third-order valence-electron chi connectivity index (χ3n) is 5.24. The normalized spacial score (nSPS) is 30.8. The van der Waals surface area contributed by atoms with Gasteiger partial charge in [-0.15, -0.1) is 0 Å². The third kappa shape index (κ3) is 2.88. The second-order valence-corrected chi connectivity index (χ2v) is 6.99. The third-order valence-corrected chi connectivity index (χ3v) is 5.24. The standard InChI is InChI=1S/C19H18O10/c1-6(21)11-12-9(4-8-7(14(12)22)2-3-27-8)29-19(26)13(11)18-17(25)16(24)15(23)10(5-20)28-18/h2,4,10,15-18,20,23-25H,3,5H2,1H3/t10-,15-,16+,17-,18?/m1/s1. The Morgan fingerprint density at radius 1 is 1.17 bits per heavy atom. The van der Waals surface area contributed by atoms with Crippen LogP contribution in [0.3, 0.4) is 0 Å². The summed E-state index contributed by atoms with van der Waals surface area (Å²) in [5, 5.41) is 39.8. The summed E-state index contributed by atoms with van der Waals surface area (Å²) in [6.45, 7) is 0.567. The molecular weight excluding hydrogens is 388 g/mol.